The molecule has 0 fully saturated rings. The summed E-state index contributed by atoms with van der Waals surface area (Å²) in [7, 11) is 1.89. The van der Waals surface area contributed by atoms with Crippen LogP contribution in [0.25, 0.3) is 0 Å². The molecule has 2 N–H and O–H groups in total. The molecule has 9 nitrogen and oxygen atoms in total. The summed E-state index contributed by atoms with van der Waals surface area (Å²) in [6.45, 7) is 8.59. The summed E-state index contributed by atoms with van der Waals surface area (Å²) in [5, 5.41) is 6.24. The van der Waals surface area contributed by atoms with Crippen LogP contribution in [-0.4, -0.2) is 45.1 Å². The van der Waals surface area contributed by atoms with E-state index in [2.05, 4.69) is 32.2 Å². The molecule has 5 aromatic rings. The minimum Gasteiger partial charge on any atom is -0.388 e. The Kier molecular flexibility index (Phi) is 12.5. The van der Waals surface area contributed by atoms with Gasteiger partial charge in [0.05, 0.1) is 0 Å². The van der Waals surface area contributed by atoms with Crippen LogP contribution in [0.1, 0.15) is 66.3 Å². The number of nitrogens with zero attached hydrogens (tertiary/aromatic N) is 3. The van der Waals surface area contributed by atoms with Crippen molar-refractivity contribution in [1.29, 1.82) is 0 Å². The molecule has 4 aromatic carbocycles. The van der Waals surface area contributed by atoms with E-state index in [9.17, 15) is 19.2 Å². The fourth-order valence-corrected chi connectivity index (χ4v) is 5.00. The average molecular weight is 654 g/mol. The first-order valence-corrected chi connectivity index (χ1v) is 15.8. The summed E-state index contributed by atoms with van der Waals surface area (Å²) < 4.78 is 0. The second-order valence-electron chi connectivity index (χ2n) is 11.4. The number of aryl methyl sites for hydroxylation is 2. The van der Waals surface area contributed by atoms with Gasteiger partial charge in [-0.25, -0.2) is 4.98 Å². The van der Waals surface area contributed by atoms with Gasteiger partial charge in [-0.15, -0.1) is 0 Å². The van der Waals surface area contributed by atoms with Gasteiger partial charge in [-0.2, -0.15) is 9.97 Å². The van der Waals surface area contributed by atoms with E-state index >= 15 is 0 Å². The SMILES string of the molecule is C=CC(=O)Cc1cccc(CC(=O)c2cc(C(C)=O)cc(C(=O)Cc3ccccc3)c2)c1.CNc1cccc(Nc2nc(C)nc(C)n2)c1. The maximum atomic E-state index is 13.0. The number of allylic oxidation sites excluding steroid dienone is 1. The van der Waals surface area contributed by atoms with Crippen molar-refractivity contribution in [2.24, 2.45) is 0 Å². The van der Waals surface area contributed by atoms with Gasteiger partial charge in [-0.05, 0) is 79.9 Å². The quantitative estimate of drug-likeness (QED) is 0.0992. The maximum Gasteiger partial charge on any atom is 0.230 e. The van der Waals surface area contributed by atoms with Gasteiger partial charge in [0.25, 0.3) is 0 Å². The highest BCUT2D eigenvalue weighted by molar-refractivity contribution is 6.06. The first-order chi connectivity index (χ1) is 23.5. The molecule has 0 unspecified atom stereocenters. The molecule has 0 spiro atoms. The predicted octanol–water partition coefficient (Wildman–Crippen LogP) is 7.31. The average Bonchev–Trinajstić information content (AvgIpc) is 3.08. The molecular weight excluding hydrogens is 614 g/mol. The molecule has 0 amide bonds. The van der Waals surface area contributed by atoms with Crippen molar-refractivity contribution in [3.05, 3.63) is 155 Å². The highest BCUT2D eigenvalue weighted by Crippen LogP contribution is 2.19. The molecule has 248 valence electrons. The standard InChI is InChI=1S/C28H24O4.C12H15N5/c1-3-26(30)13-21-10-7-11-22(12-21)15-28(32)25-17-23(19(2)29)16-24(18-25)27(31)14-20-8-5-4-6-9-20;1-8-14-9(2)16-12(15-8)17-11-6-4-5-10(7-11)13-3/h3-12,16-18H,1,13-15H2,2H3;4-7,13H,1-3H3,(H,14,15,16,17). The predicted molar refractivity (Wildman–Crippen MR) is 193 cm³/mol. The molecule has 49 heavy (non-hydrogen) atoms. The molecular formula is C40H39N5O4. The van der Waals surface area contributed by atoms with Crippen molar-refractivity contribution >= 4 is 40.5 Å². The molecule has 0 radical (unpaired) electrons. The number of Topliss-reactive ketones (excluding diaryl/α,β-unsaturated/α-hetero) is 3. The number of nitrogens with one attached hydrogen (secondary N) is 2. The van der Waals surface area contributed by atoms with Crippen molar-refractivity contribution in [2.75, 3.05) is 17.7 Å². The molecule has 1 heterocycles. The molecule has 0 bridgehead atoms. The van der Waals surface area contributed by atoms with E-state index in [0.717, 1.165) is 28.1 Å². The number of ketones is 4. The molecule has 0 aliphatic heterocycles. The lowest BCUT2D eigenvalue weighted by atomic mass is 9.94. The molecule has 0 saturated carbocycles. The van der Waals surface area contributed by atoms with Crippen LogP contribution in [0, 0.1) is 13.8 Å². The normalized spacial score (nSPS) is 10.3. The summed E-state index contributed by atoms with van der Waals surface area (Å²) >= 11 is 0. The Balaban J connectivity index is 0.000000266. The second-order valence-corrected chi connectivity index (χ2v) is 11.4. The van der Waals surface area contributed by atoms with E-state index in [1.807, 2.05) is 93.7 Å². The van der Waals surface area contributed by atoms with Gasteiger partial charge in [0.15, 0.2) is 23.1 Å². The van der Waals surface area contributed by atoms with Crippen LogP contribution < -0.4 is 10.6 Å². The van der Waals surface area contributed by atoms with Gasteiger partial charge >= 0.3 is 0 Å². The zero-order chi connectivity index (χ0) is 35.3. The second kappa shape index (κ2) is 17.2. The number of aromatic nitrogens is 3. The van der Waals surface area contributed by atoms with Crippen LogP contribution in [0.15, 0.2) is 110 Å². The van der Waals surface area contributed by atoms with Crippen LogP contribution >= 0.6 is 0 Å². The fourth-order valence-electron chi connectivity index (χ4n) is 5.00. The Morgan fingerprint density at radius 1 is 0.633 bits per heavy atom. The van der Waals surface area contributed by atoms with Gasteiger partial charge in [-0.1, -0.05) is 67.2 Å². The molecule has 0 atom stereocenters. The van der Waals surface area contributed by atoms with Crippen LogP contribution in [0.3, 0.4) is 0 Å². The van der Waals surface area contributed by atoms with E-state index in [4.69, 9.17) is 0 Å². The molecule has 1 aromatic heterocycles. The Morgan fingerprint density at radius 2 is 1.16 bits per heavy atom. The third-order valence-electron chi connectivity index (χ3n) is 7.42. The number of anilines is 3. The highest BCUT2D eigenvalue weighted by atomic mass is 16.1. The lowest BCUT2D eigenvalue weighted by Crippen LogP contribution is -2.11. The maximum absolute atomic E-state index is 13.0. The van der Waals surface area contributed by atoms with Gasteiger partial charge in [0.1, 0.15) is 11.6 Å². The van der Waals surface area contributed by atoms with E-state index in [0.29, 0.717) is 34.3 Å². The summed E-state index contributed by atoms with van der Waals surface area (Å²) in [4.78, 5) is 62.1. The lowest BCUT2D eigenvalue weighted by Gasteiger charge is -2.09. The van der Waals surface area contributed by atoms with Crippen LogP contribution in [-0.2, 0) is 24.1 Å². The number of hydrogen-bond acceptors (Lipinski definition) is 9. The molecule has 9 heteroatoms. The third kappa shape index (κ3) is 11.0. The van der Waals surface area contributed by atoms with Crippen molar-refractivity contribution in [3.8, 4) is 0 Å². The first-order valence-electron chi connectivity index (χ1n) is 15.8. The minimum atomic E-state index is -0.210. The smallest absolute Gasteiger partial charge is 0.230 e. The Morgan fingerprint density at radius 3 is 1.76 bits per heavy atom. The summed E-state index contributed by atoms with van der Waals surface area (Å²) in [5.74, 6) is 1.34. The molecule has 0 aliphatic rings. The lowest BCUT2D eigenvalue weighted by molar-refractivity contribution is -0.114. The molecule has 5 rings (SSSR count). The largest absolute Gasteiger partial charge is 0.388 e. The van der Waals surface area contributed by atoms with Crippen LogP contribution in [0.4, 0.5) is 17.3 Å². The Bertz CT molecular complexity index is 1970. The number of hydrogen-bond donors (Lipinski definition) is 2. The third-order valence-corrected chi connectivity index (χ3v) is 7.42. The van der Waals surface area contributed by atoms with E-state index in [-0.39, 0.29) is 42.4 Å². The minimum absolute atomic E-state index is 0.0933. The highest BCUT2D eigenvalue weighted by Gasteiger charge is 2.16. The topological polar surface area (TPSA) is 131 Å². The van der Waals surface area contributed by atoms with E-state index < -0.39 is 0 Å². The summed E-state index contributed by atoms with van der Waals surface area (Å²) in [6.07, 6.45) is 1.79. The molecule has 0 aliphatic carbocycles. The zero-order valence-corrected chi connectivity index (χ0v) is 28.1. The number of carbonyl (C=O) groups excluding carboxylic acids is 4. The summed E-state index contributed by atoms with van der Waals surface area (Å²) in [6, 6.07) is 29.2. The number of benzene rings is 4. The van der Waals surface area contributed by atoms with Gasteiger partial charge in [0, 0.05) is 54.4 Å². The van der Waals surface area contributed by atoms with Gasteiger partial charge in [-0.3, -0.25) is 19.2 Å². The monoisotopic (exact) mass is 653 g/mol. The first kappa shape index (κ1) is 35.8. The molecule has 0 saturated heterocycles. The zero-order valence-electron chi connectivity index (χ0n) is 28.1. The Hall–Kier alpha value is -6.09. The fraction of sp³-hybridized carbons (Fsp3) is 0.175. The van der Waals surface area contributed by atoms with Crippen molar-refractivity contribution in [3.63, 3.8) is 0 Å². The van der Waals surface area contributed by atoms with Gasteiger partial charge < -0.3 is 10.6 Å². The van der Waals surface area contributed by atoms with Gasteiger partial charge in [0.2, 0.25) is 5.95 Å². The van der Waals surface area contributed by atoms with Crippen molar-refractivity contribution in [2.45, 2.75) is 40.0 Å². The summed E-state index contributed by atoms with van der Waals surface area (Å²) in [5.41, 5.74) is 5.41. The van der Waals surface area contributed by atoms with E-state index in [1.54, 1.807) is 18.2 Å². The Labute approximate surface area is 286 Å². The van der Waals surface area contributed by atoms with Crippen molar-refractivity contribution < 1.29 is 19.2 Å². The number of rotatable bonds is 13. The van der Waals surface area contributed by atoms with Crippen LogP contribution in [0.5, 0.6) is 0 Å². The van der Waals surface area contributed by atoms with Crippen LogP contribution in [0.2, 0.25) is 0 Å². The van der Waals surface area contributed by atoms with E-state index in [1.165, 1.54) is 19.1 Å². The van der Waals surface area contributed by atoms with Crippen molar-refractivity contribution in [1.82, 2.24) is 15.0 Å². The number of carbonyl (C=O) groups is 4.